The minimum atomic E-state index is -3.56. The molecule has 1 aromatic heterocycles. The maximum absolute atomic E-state index is 12.3. The predicted molar refractivity (Wildman–Crippen MR) is 75.3 cm³/mol. The zero-order valence-electron chi connectivity index (χ0n) is 12.2. The van der Waals surface area contributed by atoms with Crippen molar-refractivity contribution in [3.63, 3.8) is 0 Å². The number of carboxylic acid groups (broad SMARTS) is 1. The van der Waals surface area contributed by atoms with E-state index in [4.69, 9.17) is 9.52 Å². The normalized spacial score (nSPS) is 18.2. The SMILES string of the molecule is CC(C(=O)O)N(C)Cc1ccc(S(=O)(=O)N2CCCC2)o1. The molecule has 0 radical (unpaired) electrons. The van der Waals surface area contributed by atoms with Crippen LogP contribution in [-0.4, -0.2) is 54.9 Å². The molecule has 0 bridgehead atoms. The van der Waals surface area contributed by atoms with Gasteiger partial charge in [0.15, 0.2) is 0 Å². The van der Waals surface area contributed by atoms with Crippen LogP contribution >= 0.6 is 0 Å². The van der Waals surface area contributed by atoms with Gasteiger partial charge in [0.05, 0.1) is 6.54 Å². The first-order chi connectivity index (χ1) is 9.82. The Hall–Kier alpha value is -1.38. The van der Waals surface area contributed by atoms with E-state index in [1.54, 1.807) is 24.9 Å². The van der Waals surface area contributed by atoms with Gasteiger partial charge in [-0.15, -0.1) is 0 Å². The lowest BCUT2D eigenvalue weighted by molar-refractivity contribution is -0.142. The predicted octanol–water partition coefficient (Wildman–Crippen LogP) is 0.969. The van der Waals surface area contributed by atoms with Crippen LogP contribution in [0, 0.1) is 0 Å². The average Bonchev–Trinajstić information content (AvgIpc) is 3.08. The molecule has 1 unspecified atom stereocenters. The highest BCUT2D eigenvalue weighted by atomic mass is 32.2. The third kappa shape index (κ3) is 3.45. The zero-order valence-corrected chi connectivity index (χ0v) is 13.0. The Kier molecular flexibility index (Phi) is 4.70. The summed E-state index contributed by atoms with van der Waals surface area (Å²) in [6, 6.07) is 2.34. The van der Waals surface area contributed by atoms with E-state index >= 15 is 0 Å². The minimum Gasteiger partial charge on any atom is -0.480 e. The second kappa shape index (κ2) is 6.17. The number of likely N-dealkylation sites (N-methyl/N-ethyl adjacent to an activating group) is 1. The van der Waals surface area contributed by atoms with Crippen molar-refractivity contribution in [1.82, 2.24) is 9.21 Å². The molecule has 0 saturated carbocycles. The van der Waals surface area contributed by atoms with E-state index < -0.39 is 22.0 Å². The molecule has 1 atom stereocenters. The van der Waals surface area contributed by atoms with Gasteiger partial charge < -0.3 is 9.52 Å². The highest BCUT2D eigenvalue weighted by Gasteiger charge is 2.30. The molecule has 1 aromatic rings. The number of hydrogen-bond acceptors (Lipinski definition) is 5. The topological polar surface area (TPSA) is 91.1 Å². The van der Waals surface area contributed by atoms with Gasteiger partial charge in [0, 0.05) is 13.1 Å². The first kappa shape index (κ1) is 16.0. The van der Waals surface area contributed by atoms with Gasteiger partial charge in [-0.3, -0.25) is 9.69 Å². The van der Waals surface area contributed by atoms with Gasteiger partial charge in [-0.25, -0.2) is 8.42 Å². The summed E-state index contributed by atoms with van der Waals surface area (Å²) in [6.07, 6.45) is 1.73. The van der Waals surface area contributed by atoms with Gasteiger partial charge in [-0.05, 0) is 38.9 Å². The van der Waals surface area contributed by atoms with Crippen LogP contribution in [0.4, 0.5) is 0 Å². The Morgan fingerprint density at radius 2 is 2.05 bits per heavy atom. The van der Waals surface area contributed by atoms with E-state index in [1.165, 1.54) is 10.4 Å². The molecule has 7 nitrogen and oxygen atoms in total. The second-order valence-electron chi connectivity index (χ2n) is 5.26. The van der Waals surface area contributed by atoms with E-state index in [0.29, 0.717) is 18.8 Å². The van der Waals surface area contributed by atoms with Crippen LogP contribution in [0.3, 0.4) is 0 Å². The molecular formula is C13H20N2O5S. The Balaban J connectivity index is 2.09. The molecule has 118 valence electrons. The smallest absolute Gasteiger partial charge is 0.320 e. The zero-order chi connectivity index (χ0) is 15.6. The summed E-state index contributed by atoms with van der Waals surface area (Å²) in [5, 5.41) is 8.86. The molecule has 1 aliphatic heterocycles. The third-order valence-corrected chi connectivity index (χ3v) is 5.49. The number of carboxylic acids is 1. The van der Waals surface area contributed by atoms with Crippen molar-refractivity contribution in [2.75, 3.05) is 20.1 Å². The molecule has 0 amide bonds. The number of rotatable bonds is 6. The lowest BCUT2D eigenvalue weighted by Gasteiger charge is -2.19. The van der Waals surface area contributed by atoms with E-state index in [-0.39, 0.29) is 11.6 Å². The first-order valence-corrected chi connectivity index (χ1v) is 8.28. The van der Waals surface area contributed by atoms with Crippen LogP contribution in [0.25, 0.3) is 0 Å². The van der Waals surface area contributed by atoms with Crippen molar-refractivity contribution < 1.29 is 22.7 Å². The maximum Gasteiger partial charge on any atom is 0.320 e. The summed E-state index contributed by atoms with van der Waals surface area (Å²) < 4.78 is 31.4. The molecular weight excluding hydrogens is 296 g/mol. The molecule has 8 heteroatoms. The molecule has 0 aliphatic carbocycles. The minimum absolute atomic E-state index is 0.0734. The van der Waals surface area contributed by atoms with Crippen molar-refractivity contribution >= 4 is 16.0 Å². The van der Waals surface area contributed by atoms with Crippen LogP contribution in [0.5, 0.6) is 0 Å². The third-order valence-electron chi connectivity index (χ3n) is 3.72. The van der Waals surface area contributed by atoms with Crippen LogP contribution < -0.4 is 0 Å². The van der Waals surface area contributed by atoms with Gasteiger partial charge in [-0.1, -0.05) is 0 Å². The lowest BCUT2D eigenvalue weighted by Crippen LogP contribution is -2.35. The Labute approximate surface area is 124 Å². The Bertz CT molecular complexity index is 604. The van der Waals surface area contributed by atoms with Gasteiger partial charge in [0.25, 0.3) is 10.0 Å². The van der Waals surface area contributed by atoms with E-state index in [2.05, 4.69) is 0 Å². The molecule has 0 spiro atoms. The summed E-state index contributed by atoms with van der Waals surface area (Å²) in [7, 11) is -1.91. The number of sulfonamides is 1. The molecule has 2 rings (SSSR count). The van der Waals surface area contributed by atoms with E-state index in [1.807, 2.05) is 0 Å². The molecule has 1 N–H and O–H groups in total. The fraction of sp³-hybridized carbons (Fsp3) is 0.615. The van der Waals surface area contributed by atoms with Crippen LogP contribution in [0.1, 0.15) is 25.5 Å². The average molecular weight is 316 g/mol. The quantitative estimate of drug-likeness (QED) is 0.841. The standard InChI is InChI=1S/C13H20N2O5S/c1-10(13(16)17)14(2)9-11-5-6-12(20-11)21(18,19)15-7-3-4-8-15/h5-6,10H,3-4,7-9H2,1-2H3,(H,16,17). The summed E-state index contributed by atoms with van der Waals surface area (Å²) in [6.45, 7) is 2.85. The summed E-state index contributed by atoms with van der Waals surface area (Å²) in [5.74, 6) is -0.502. The lowest BCUT2D eigenvalue weighted by atomic mass is 10.3. The fourth-order valence-corrected chi connectivity index (χ4v) is 3.65. The maximum atomic E-state index is 12.3. The molecule has 0 aromatic carbocycles. The summed E-state index contributed by atoms with van der Waals surface area (Å²) >= 11 is 0. The number of furan rings is 1. The number of nitrogens with zero attached hydrogens (tertiary/aromatic N) is 2. The van der Waals surface area contributed by atoms with Crippen molar-refractivity contribution in [2.45, 2.75) is 37.4 Å². The van der Waals surface area contributed by atoms with Crippen molar-refractivity contribution in [2.24, 2.45) is 0 Å². The van der Waals surface area contributed by atoms with Gasteiger partial charge in [0.2, 0.25) is 5.09 Å². The number of aliphatic carboxylic acids is 1. The molecule has 21 heavy (non-hydrogen) atoms. The molecule has 1 fully saturated rings. The van der Waals surface area contributed by atoms with Crippen LogP contribution in [0.2, 0.25) is 0 Å². The molecule has 1 saturated heterocycles. The van der Waals surface area contributed by atoms with E-state index in [0.717, 1.165) is 12.8 Å². The van der Waals surface area contributed by atoms with Crippen LogP contribution in [0.15, 0.2) is 21.6 Å². The van der Waals surface area contributed by atoms with Crippen molar-refractivity contribution in [3.8, 4) is 0 Å². The van der Waals surface area contributed by atoms with Crippen molar-refractivity contribution in [3.05, 3.63) is 17.9 Å². The van der Waals surface area contributed by atoms with Gasteiger partial charge in [-0.2, -0.15) is 4.31 Å². The summed E-state index contributed by atoms with van der Waals surface area (Å²) in [4.78, 5) is 12.5. The Morgan fingerprint density at radius 1 is 1.43 bits per heavy atom. The molecule has 1 aliphatic rings. The van der Waals surface area contributed by atoms with Crippen molar-refractivity contribution in [1.29, 1.82) is 0 Å². The largest absolute Gasteiger partial charge is 0.480 e. The fourth-order valence-electron chi connectivity index (χ4n) is 2.21. The van der Waals surface area contributed by atoms with Gasteiger partial charge in [0.1, 0.15) is 11.8 Å². The highest BCUT2D eigenvalue weighted by Crippen LogP contribution is 2.23. The van der Waals surface area contributed by atoms with Crippen LogP contribution in [-0.2, 0) is 21.4 Å². The van der Waals surface area contributed by atoms with Gasteiger partial charge >= 0.3 is 5.97 Å². The Morgan fingerprint density at radius 3 is 2.62 bits per heavy atom. The monoisotopic (exact) mass is 316 g/mol. The summed E-state index contributed by atoms with van der Waals surface area (Å²) in [5.41, 5.74) is 0. The van der Waals surface area contributed by atoms with E-state index in [9.17, 15) is 13.2 Å². The first-order valence-electron chi connectivity index (χ1n) is 6.84. The number of hydrogen-bond donors (Lipinski definition) is 1. The molecule has 2 heterocycles. The number of carbonyl (C=O) groups is 1. The second-order valence-corrected chi connectivity index (χ2v) is 7.13. The highest BCUT2D eigenvalue weighted by molar-refractivity contribution is 7.89.